The van der Waals surface area contributed by atoms with Crippen LogP contribution in [0.15, 0.2) is 224 Å². The number of aromatic nitrogens is 5. The molecule has 5 heteroatoms. The van der Waals surface area contributed by atoms with Crippen molar-refractivity contribution in [3.8, 4) is 56.7 Å². The first kappa shape index (κ1) is 36.0. The lowest BCUT2D eigenvalue weighted by Crippen LogP contribution is -2.01. The lowest BCUT2D eigenvalue weighted by Gasteiger charge is -2.13. The molecule has 0 aliphatic rings. The number of para-hydroxylation sites is 2. The molecule has 0 aliphatic carbocycles. The molecule has 64 heavy (non-hydrogen) atoms. The van der Waals surface area contributed by atoms with Gasteiger partial charge in [-0.15, -0.1) is 0 Å². The van der Waals surface area contributed by atoms with Crippen LogP contribution in [0, 0.1) is 0 Å². The van der Waals surface area contributed by atoms with E-state index >= 15 is 0 Å². The summed E-state index contributed by atoms with van der Waals surface area (Å²) in [5.74, 6) is 1.90. The molecule has 0 aliphatic heterocycles. The normalized spacial score (nSPS) is 11.8. The maximum Gasteiger partial charge on any atom is 0.164 e. The monoisotopic (exact) mass is 815 g/mol. The number of hydrogen-bond acceptors (Lipinski definition) is 3. The van der Waals surface area contributed by atoms with Gasteiger partial charge in [0, 0.05) is 49.6 Å². The Kier molecular flexibility index (Phi) is 8.15. The predicted molar refractivity (Wildman–Crippen MR) is 265 cm³/mol. The summed E-state index contributed by atoms with van der Waals surface area (Å²) in [5, 5.41) is 9.56. The molecule has 0 fully saturated rings. The van der Waals surface area contributed by atoms with Gasteiger partial charge < -0.3 is 9.13 Å². The molecule has 0 radical (unpaired) electrons. The largest absolute Gasteiger partial charge is 0.309 e. The molecule has 0 spiro atoms. The Labute approximate surface area is 368 Å². The molecule has 10 aromatic carbocycles. The zero-order valence-corrected chi connectivity index (χ0v) is 34.6. The van der Waals surface area contributed by atoms with Crippen LogP contribution >= 0.6 is 0 Å². The van der Waals surface area contributed by atoms with Crippen molar-refractivity contribution in [3.63, 3.8) is 0 Å². The van der Waals surface area contributed by atoms with Gasteiger partial charge in [-0.1, -0.05) is 164 Å². The summed E-state index contributed by atoms with van der Waals surface area (Å²) in [5.41, 5.74) is 12.0. The Hall–Kier alpha value is -8.67. The first-order valence-corrected chi connectivity index (χ1v) is 21.7. The minimum atomic E-state index is 0.632. The molecular formula is C59H37N5. The minimum absolute atomic E-state index is 0.632. The van der Waals surface area contributed by atoms with Crippen LogP contribution in [0.3, 0.4) is 0 Å². The van der Waals surface area contributed by atoms with E-state index in [1.54, 1.807) is 0 Å². The summed E-state index contributed by atoms with van der Waals surface area (Å²) < 4.78 is 4.85. The molecular weight excluding hydrogens is 779 g/mol. The average Bonchev–Trinajstić information content (AvgIpc) is 3.86. The zero-order valence-electron chi connectivity index (χ0n) is 34.6. The highest BCUT2D eigenvalue weighted by Gasteiger charge is 2.20. The fourth-order valence-electron chi connectivity index (χ4n) is 9.71. The minimum Gasteiger partial charge on any atom is -0.309 e. The quantitative estimate of drug-likeness (QED) is 0.168. The third-order valence-corrected chi connectivity index (χ3v) is 12.7. The van der Waals surface area contributed by atoms with Crippen molar-refractivity contribution in [2.24, 2.45) is 0 Å². The first-order chi connectivity index (χ1) is 31.7. The van der Waals surface area contributed by atoms with Crippen LogP contribution < -0.4 is 0 Å². The molecule has 298 valence electrons. The summed E-state index contributed by atoms with van der Waals surface area (Å²) in [6.07, 6.45) is 0. The number of hydrogen-bond donors (Lipinski definition) is 0. The molecule has 0 saturated heterocycles. The van der Waals surface area contributed by atoms with Crippen molar-refractivity contribution in [3.05, 3.63) is 224 Å². The second-order valence-corrected chi connectivity index (χ2v) is 16.5. The van der Waals surface area contributed by atoms with Crippen molar-refractivity contribution in [1.82, 2.24) is 24.1 Å². The van der Waals surface area contributed by atoms with Gasteiger partial charge in [0.1, 0.15) is 0 Å². The second kappa shape index (κ2) is 14.5. The molecule has 0 amide bonds. The van der Waals surface area contributed by atoms with E-state index in [0.717, 1.165) is 61.0 Å². The summed E-state index contributed by atoms with van der Waals surface area (Å²) in [4.78, 5) is 15.4. The van der Waals surface area contributed by atoms with Gasteiger partial charge in [0.2, 0.25) is 0 Å². The molecule has 5 nitrogen and oxygen atoms in total. The number of rotatable bonds is 6. The van der Waals surface area contributed by atoms with E-state index < -0.39 is 0 Å². The summed E-state index contributed by atoms with van der Waals surface area (Å²) in [6.45, 7) is 0. The highest BCUT2D eigenvalue weighted by Crippen LogP contribution is 2.41. The van der Waals surface area contributed by atoms with Crippen molar-refractivity contribution in [1.29, 1.82) is 0 Å². The van der Waals surface area contributed by atoms with E-state index in [2.05, 4.69) is 209 Å². The lowest BCUT2D eigenvalue weighted by atomic mass is 10.0. The molecule has 0 N–H and O–H groups in total. The first-order valence-electron chi connectivity index (χ1n) is 21.7. The van der Waals surface area contributed by atoms with Gasteiger partial charge in [0.15, 0.2) is 17.5 Å². The molecule has 0 bridgehead atoms. The number of nitrogens with zero attached hydrogens (tertiary/aromatic N) is 5. The summed E-state index contributed by atoms with van der Waals surface area (Å²) in [7, 11) is 0. The Balaban J connectivity index is 1.01. The van der Waals surface area contributed by atoms with E-state index in [1.807, 2.05) is 24.3 Å². The van der Waals surface area contributed by atoms with E-state index in [9.17, 15) is 0 Å². The van der Waals surface area contributed by atoms with Crippen molar-refractivity contribution < 1.29 is 0 Å². The lowest BCUT2D eigenvalue weighted by molar-refractivity contribution is 1.08. The standard InChI is InChI=1S/C59H37N5/c1-4-16-38(17-5-1)40-22-14-24-44(32-40)58-60-57(39-18-6-2-7-19-39)61-59(62-58)49-28-15-23-43-33-46(30-31-47(43)49)64-53-29-13-12-27-48(53)51-36-52-50-34-41-20-10-11-21-42(41)35-54(50)63(56(52)37-55(51)64)45-25-8-3-9-26-45/h1-37H. The third kappa shape index (κ3) is 5.83. The zero-order chi connectivity index (χ0) is 42.1. The van der Waals surface area contributed by atoms with Gasteiger partial charge in [0.25, 0.3) is 0 Å². The van der Waals surface area contributed by atoms with Crippen LogP contribution in [0.5, 0.6) is 0 Å². The van der Waals surface area contributed by atoms with Gasteiger partial charge in [-0.3, -0.25) is 0 Å². The maximum absolute atomic E-state index is 5.21. The SMILES string of the molecule is c1ccc(-c2cccc(-c3nc(-c4ccccc4)nc(-c4cccc5cc(-n6c7ccccc7c7cc8c9cc%10ccccc%10cc9n(-c9ccccc9)c8cc76)ccc45)n3)c2)cc1. The highest BCUT2D eigenvalue weighted by atomic mass is 15.0. The Morgan fingerprint density at radius 2 is 0.797 bits per heavy atom. The van der Waals surface area contributed by atoms with Crippen LogP contribution in [0.1, 0.15) is 0 Å². The second-order valence-electron chi connectivity index (χ2n) is 16.5. The van der Waals surface area contributed by atoms with Crippen LogP contribution in [0.25, 0.3) is 122 Å². The van der Waals surface area contributed by atoms with Gasteiger partial charge in [-0.05, 0) is 93.3 Å². The van der Waals surface area contributed by atoms with E-state index in [1.165, 1.54) is 43.4 Å². The van der Waals surface area contributed by atoms with Crippen molar-refractivity contribution in [2.75, 3.05) is 0 Å². The fraction of sp³-hybridized carbons (Fsp3) is 0. The van der Waals surface area contributed by atoms with Crippen LogP contribution in [0.4, 0.5) is 0 Å². The summed E-state index contributed by atoms with van der Waals surface area (Å²) >= 11 is 0. The molecule has 13 rings (SSSR count). The molecule has 0 unspecified atom stereocenters. The predicted octanol–water partition coefficient (Wildman–Crippen LogP) is 15.0. The van der Waals surface area contributed by atoms with Crippen molar-refractivity contribution >= 4 is 65.2 Å². The topological polar surface area (TPSA) is 48.5 Å². The number of fused-ring (bicyclic) bond motifs is 8. The number of benzene rings is 10. The van der Waals surface area contributed by atoms with Crippen molar-refractivity contribution in [2.45, 2.75) is 0 Å². The van der Waals surface area contributed by atoms with Crippen LogP contribution in [-0.2, 0) is 0 Å². The average molecular weight is 816 g/mol. The van der Waals surface area contributed by atoms with E-state index in [-0.39, 0.29) is 0 Å². The molecule has 0 saturated carbocycles. The van der Waals surface area contributed by atoms with Crippen LogP contribution in [-0.4, -0.2) is 24.1 Å². The highest BCUT2D eigenvalue weighted by molar-refractivity contribution is 6.21. The van der Waals surface area contributed by atoms with Crippen LogP contribution in [0.2, 0.25) is 0 Å². The van der Waals surface area contributed by atoms with Gasteiger partial charge >= 0.3 is 0 Å². The van der Waals surface area contributed by atoms with Gasteiger partial charge in [0.05, 0.1) is 22.1 Å². The van der Waals surface area contributed by atoms with E-state index in [4.69, 9.17) is 15.0 Å². The Bertz CT molecular complexity index is 3940. The van der Waals surface area contributed by atoms with Gasteiger partial charge in [-0.2, -0.15) is 0 Å². The Morgan fingerprint density at radius 1 is 0.250 bits per heavy atom. The van der Waals surface area contributed by atoms with E-state index in [0.29, 0.717) is 17.5 Å². The third-order valence-electron chi connectivity index (χ3n) is 12.7. The molecule has 3 aromatic heterocycles. The summed E-state index contributed by atoms with van der Waals surface area (Å²) in [6, 6.07) is 79.9. The molecule has 3 heterocycles. The van der Waals surface area contributed by atoms with Gasteiger partial charge in [-0.25, -0.2) is 15.0 Å². The maximum atomic E-state index is 5.21. The fourth-order valence-corrected chi connectivity index (χ4v) is 9.71. The Morgan fingerprint density at radius 3 is 1.59 bits per heavy atom. The smallest absolute Gasteiger partial charge is 0.164 e. The molecule has 0 atom stereocenters. The molecule has 13 aromatic rings.